The third-order valence-electron chi connectivity index (χ3n) is 3.68. The molecule has 0 atom stereocenters. The molecule has 2 aromatic carbocycles. The normalized spacial score (nSPS) is 10.2. The summed E-state index contributed by atoms with van der Waals surface area (Å²) in [5.74, 6) is 0.534. The van der Waals surface area contributed by atoms with E-state index >= 15 is 0 Å². The first kappa shape index (κ1) is 18.0. The van der Waals surface area contributed by atoms with Crippen molar-refractivity contribution in [3.63, 3.8) is 0 Å². The molecular formula is C18H18BrNO4. The van der Waals surface area contributed by atoms with Gasteiger partial charge in [-0.3, -0.25) is 9.59 Å². The average molecular weight is 392 g/mol. The molecule has 1 amide bonds. The minimum Gasteiger partial charge on any atom is -0.493 e. The number of hydrogen-bond donors (Lipinski definition) is 1. The largest absolute Gasteiger partial charge is 0.493 e. The standard InChI is InChI=1S/C18H18BrNO4/c1-11-12(2)15(6-5-14(11)19)20-18(22)10-24-16-7-4-13(9-21)8-17(16)23-3/h4-9H,10H2,1-3H3,(H,20,22). The Labute approximate surface area is 149 Å². The number of anilines is 1. The number of carbonyl (C=O) groups excluding carboxylic acids is 2. The third kappa shape index (κ3) is 4.14. The maximum absolute atomic E-state index is 12.1. The number of amides is 1. The van der Waals surface area contributed by atoms with Gasteiger partial charge in [0, 0.05) is 15.7 Å². The van der Waals surface area contributed by atoms with Crippen LogP contribution in [0.25, 0.3) is 0 Å². The zero-order chi connectivity index (χ0) is 17.7. The van der Waals surface area contributed by atoms with Gasteiger partial charge in [0.2, 0.25) is 0 Å². The Balaban J connectivity index is 2.04. The van der Waals surface area contributed by atoms with Crippen molar-refractivity contribution in [3.8, 4) is 11.5 Å². The van der Waals surface area contributed by atoms with Gasteiger partial charge in [-0.1, -0.05) is 15.9 Å². The van der Waals surface area contributed by atoms with Gasteiger partial charge in [-0.25, -0.2) is 0 Å². The maximum Gasteiger partial charge on any atom is 0.262 e. The highest BCUT2D eigenvalue weighted by molar-refractivity contribution is 9.10. The van der Waals surface area contributed by atoms with E-state index < -0.39 is 0 Å². The Morgan fingerprint density at radius 1 is 1.17 bits per heavy atom. The maximum atomic E-state index is 12.1. The Morgan fingerprint density at radius 2 is 1.92 bits per heavy atom. The molecule has 2 rings (SSSR count). The first-order chi connectivity index (χ1) is 11.5. The van der Waals surface area contributed by atoms with Crippen LogP contribution in [0.15, 0.2) is 34.8 Å². The molecule has 1 N–H and O–H groups in total. The molecule has 2 aromatic rings. The Hall–Kier alpha value is -2.34. The van der Waals surface area contributed by atoms with Crippen molar-refractivity contribution in [2.75, 3.05) is 19.0 Å². The van der Waals surface area contributed by atoms with E-state index in [0.29, 0.717) is 17.1 Å². The van der Waals surface area contributed by atoms with Crippen LogP contribution in [0.1, 0.15) is 21.5 Å². The van der Waals surface area contributed by atoms with Crippen molar-refractivity contribution in [3.05, 3.63) is 51.5 Å². The molecule has 0 radical (unpaired) electrons. The van der Waals surface area contributed by atoms with E-state index in [4.69, 9.17) is 9.47 Å². The Bertz CT molecular complexity index is 774. The smallest absolute Gasteiger partial charge is 0.262 e. The number of rotatable bonds is 6. The summed E-state index contributed by atoms with van der Waals surface area (Å²) in [4.78, 5) is 22.9. The molecule has 0 aromatic heterocycles. The minimum absolute atomic E-state index is 0.161. The summed E-state index contributed by atoms with van der Waals surface area (Å²) >= 11 is 3.46. The lowest BCUT2D eigenvalue weighted by Gasteiger charge is -2.13. The van der Waals surface area contributed by atoms with Gasteiger partial charge in [0.25, 0.3) is 5.91 Å². The quantitative estimate of drug-likeness (QED) is 0.758. The first-order valence-corrected chi connectivity index (χ1v) is 8.07. The highest BCUT2D eigenvalue weighted by atomic mass is 79.9. The summed E-state index contributed by atoms with van der Waals surface area (Å²) in [6.45, 7) is 3.76. The molecule has 0 aliphatic rings. The van der Waals surface area contributed by atoms with Crippen molar-refractivity contribution in [2.24, 2.45) is 0 Å². The molecule has 0 fully saturated rings. The van der Waals surface area contributed by atoms with E-state index in [1.165, 1.54) is 7.11 Å². The van der Waals surface area contributed by atoms with Crippen molar-refractivity contribution >= 4 is 33.8 Å². The minimum atomic E-state index is -0.277. The van der Waals surface area contributed by atoms with Gasteiger partial charge < -0.3 is 14.8 Å². The van der Waals surface area contributed by atoms with Crippen LogP contribution < -0.4 is 14.8 Å². The molecule has 126 valence electrons. The molecule has 0 saturated carbocycles. The summed E-state index contributed by atoms with van der Waals surface area (Å²) in [6.07, 6.45) is 0.720. The zero-order valence-corrected chi connectivity index (χ0v) is 15.3. The molecule has 0 spiro atoms. The number of hydrogen-bond acceptors (Lipinski definition) is 4. The van der Waals surface area contributed by atoms with Gasteiger partial charge in [-0.2, -0.15) is 0 Å². The van der Waals surface area contributed by atoms with E-state index in [1.807, 2.05) is 26.0 Å². The summed E-state index contributed by atoms with van der Waals surface area (Å²) in [5.41, 5.74) is 3.28. The van der Waals surface area contributed by atoms with Crippen LogP contribution >= 0.6 is 15.9 Å². The second-order valence-corrected chi connectivity index (χ2v) is 6.06. The van der Waals surface area contributed by atoms with Gasteiger partial charge in [0.15, 0.2) is 18.1 Å². The van der Waals surface area contributed by atoms with Crippen LogP contribution in [0.3, 0.4) is 0 Å². The average Bonchev–Trinajstić information content (AvgIpc) is 2.60. The highest BCUT2D eigenvalue weighted by Crippen LogP contribution is 2.28. The number of halogens is 1. The highest BCUT2D eigenvalue weighted by Gasteiger charge is 2.11. The number of carbonyl (C=O) groups is 2. The SMILES string of the molecule is COc1cc(C=O)ccc1OCC(=O)Nc1ccc(Br)c(C)c1C. The van der Waals surface area contributed by atoms with E-state index in [1.54, 1.807) is 18.2 Å². The molecular weight excluding hydrogens is 374 g/mol. The van der Waals surface area contributed by atoms with Crippen LogP contribution in [0.5, 0.6) is 11.5 Å². The van der Waals surface area contributed by atoms with Crippen LogP contribution in [0, 0.1) is 13.8 Å². The number of nitrogens with one attached hydrogen (secondary N) is 1. The molecule has 0 unspecified atom stereocenters. The van der Waals surface area contributed by atoms with Crippen LogP contribution in [-0.2, 0) is 4.79 Å². The topological polar surface area (TPSA) is 64.6 Å². The third-order valence-corrected chi connectivity index (χ3v) is 4.54. The lowest BCUT2D eigenvalue weighted by molar-refractivity contribution is -0.118. The van der Waals surface area contributed by atoms with E-state index in [9.17, 15) is 9.59 Å². The molecule has 0 bridgehead atoms. The molecule has 5 nitrogen and oxygen atoms in total. The van der Waals surface area contributed by atoms with Gasteiger partial charge in [0.1, 0.15) is 6.29 Å². The van der Waals surface area contributed by atoms with Crippen molar-refractivity contribution in [1.29, 1.82) is 0 Å². The van der Waals surface area contributed by atoms with Gasteiger partial charge in [-0.15, -0.1) is 0 Å². The monoisotopic (exact) mass is 391 g/mol. The van der Waals surface area contributed by atoms with Crippen LogP contribution in [0.2, 0.25) is 0 Å². The summed E-state index contributed by atoms with van der Waals surface area (Å²) in [5, 5.41) is 2.83. The summed E-state index contributed by atoms with van der Waals surface area (Å²) < 4.78 is 11.7. The molecule has 0 saturated heterocycles. The van der Waals surface area contributed by atoms with Gasteiger partial charge in [0.05, 0.1) is 7.11 Å². The fraction of sp³-hybridized carbons (Fsp3) is 0.222. The second kappa shape index (κ2) is 7.97. The Kier molecular flexibility index (Phi) is 5.98. The van der Waals surface area contributed by atoms with E-state index in [2.05, 4.69) is 21.2 Å². The lowest BCUT2D eigenvalue weighted by atomic mass is 10.1. The van der Waals surface area contributed by atoms with Gasteiger partial charge in [-0.05, 0) is 55.3 Å². The van der Waals surface area contributed by atoms with Crippen LogP contribution in [-0.4, -0.2) is 25.9 Å². The molecule has 0 aliphatic heterocycles. The lowest BCUT2D eigenvalue weighted by Crippen LogP contribution is -2.21. The van der Waals surface area contributed by atoms with Crippen molar-refractivity contribution in [1.82, 2.24) is 0 Å². The summed E-state index contributed by atoms with van der Waals surface area (Å²) in [7, 11) is 1.48. The molecule has 0 aliphatic carbocycles. The molecule has 6 heteroatoms. The number of methoxy groups -OCH3 is 1. The summed E-state index contributed by atoms with van der Waals surface area (Å²) in [6, 6.07) is 8.49. The molecule has 24 heavy (non-hydrogen) atoms. The van der Waals surface area contributed by atoms with E-state index in [-0.39, 0.29) is 12.5 Å². The molecule has 0 heterocycles. The fourth-order valence-corrected chi connectivity index (χ4v) is 2.56. The van der Waals surface area contributed by atoms with E-state index in [0.717, 1.165) is 27.6 Å². The zero-order valence-electron chi connectivity index (χ0n) is 13.7. The predicted molar refractivity (Wildman–Crippen MR) is 96.1 cm³/mol. The fourth-order valence-electron chi connectivity index (χ4n) is 2.13. The number of benzene rings is 2. The Morgan fingerprint density at radius 3 is 2.58 bits per heavy atom. The second-order valence-electron chi connectivity index (χ2n) is 5.21. The van der Waals surface area contributed by atoms with Gasteiger partial charge >= 0.3 is 0 Å². The number of aldehydes is 1. The van der Waals surface area contributed by atoms with Crippen molar-refractivity contribution in [2.45, 2.75) is 13.8 Å². The van der Waals surface area contributed by atoms with Crippen LogP contribution in [0.4, 0.5) is 5.69 Å². The first-order valence-electron chi connectivity index (χ1n) is 7.27. The number of ether oxygens (including phenoxy) is 2. The van der Waals surface area contributed by atoms with Crippen molar-refractivity contribution < 1.29 is 19.1 Å². The predicted octanol–water partition coefficient (Wildman–Crippen LogP) is 3.90.